The lowest BCUT2D eigenvalue weighted by Crippen LogP contribution is -2.16. The van der Waals surface area contributed by atoms with Crippen molar-refractivity contribution in [2.45, 2.75) is 26.3 Å². The van der Waals surface area contributed by atoms with Crippen LogP contribution in [0.1, 0.15) is 23.6 Å². The zero-order chi connectivity index (χ0) is 12.6. The van der Waals surface area contributed by atoms with Gasteiger partial charge in [-0.1, -0.05) is 61.5 Å². The minimum absolute atomic E-state index is 0.955. The van der Waals surface area contributed by atoms with Gasteiger partial charge in [-0.3, -0.25) is 0 Å². The third kappa shape index (κ3) is 4.01. The molecule has 0 atom stereocenters. The van der Waals surface area contributed by atoms with Gasteiger partial charge in [-0.15, -0.1) is 0 Å². The van der Waals surface area contributed by atoms with Gasteiger partial charge in [0.2, 0.25) is 0 Å². The van der Waals surface area contributed by atoms with Crippen LogP contribution < -0.4 is 5.32 Å². The number of hydrogen-bond acceptors (Lipinski definition) is 1. The average molecular weight is 239 g/mol. The van der Waals surface area contributed by atoms with Crippen molar-refractivity contribution < 1.29 is 0 Å². The topological polar surface area (TPSA) is 12.0 Å². The highest BCUT2D eigenvalue weighted by molar-refractivity contribution is 5.22. The van der Waals surface area contributed by atoms with E-state index in [0.717, 1.165) is 25.9 Å². The van der Waals surface area contributed by atoms with Gasteiger partial charge < -0.3 is 5.32 Å². The Labute approximate surface area is 110 Å². The molecule has 0 aliphatic rings. The fraction of sp³-hybridized carbons (Fsp3) is 0.294. The summed E-state index contributed by atoms with van der Waals surface area (Å²) in [5, 5.41) is 3.49. The Morgan fingerprint density at radius 3 is 2.11 bits per heavy atom. The fourth-order valence-electron chi connectivity index (χ4n) is 2.00. The molecule has 94 valence electrons. The molecule has 1 N–H and O–H groups in total. The van der Waals surface area contributed by atoms with Crippen LogP contribution in [-0.4, -0.2) is 6.54 Å². The van der Waals surface area contributed by atoms with Crippen LogP contribution in [0.4, 0.5) is 0 Å². The maximum Gasteiger partial charge on any atom is 0.0205 e. The molecular formula is C17H21N. The Bertz CT molecular complexity index is 445. The lowest BCUT2D eigenvalue weighted by molar-refractivity contribution is 0.687. The van der Waals surface area contributed by atoms with Gasteiger partial charge in [0.15, 0.2) is 0 Å². The van der Waals surface area contributed by atoms with Crippen molar-refractivity contribution in [3.05, 3.63) is 71.3 Å². The molecule has 2 rings (SSSR count). The number of benzene rings is 2. The summed E-state index contributed by atoms with van der Waals surface area (Å²) in [6, 6.07) is 19.5. The highest BCUT2D eigenvalue weighted by Gasteiger charge is 1.94. The summed E-state index contributed by atoms with van der Waals surface area (Å²) >= 11 is 0. The standard InChI is InChI=1S/C17H21N/c1-2-15-8-10-17(11-9-15)14-18-13-12-16-6-4-3-5-7-16/h3-11,18H,2,12-14H2,1H3. The highest BCUT2D eigenvalue weighted by Crippen LogP contribution is 2.05. The summed E-state index contributed by atoms with van der Waals surface area (Å²) in [5.74, 6) is 0. The van der Waals surface area contributed by atoms with E-state index in [1.54, 1.807) is 0 Å². The van der Waals surface area contributed by atoms with Crippen LogP contribution in [0.15, 0.2) is 54.6 Å². The average Bonchev–Trinajstić information content (AvgIpc) is 2.45. The molecule has 1 heteroatoms. The molecule has 18 heavy (non-hydrogen) atoms. The number of nitrogens with one attached hydrogen (secondary N) is 1. The maximum absolute atomic E-state index is 3.49. The smallest absolute Gasteiger partial charge is 0.0205 e. The lowest BCUT2D eigenvalue weighted by Gasteiger charge is -2.06. The van der Waals surface area contributed by atoms with Gasteiger partial charge in [-0.25, -0.2) is 0 Å². The Kier molecular flexibility index (Phi) is 4.98. The first-order valence-corrected chi connectivity index (χ1v) is 6.71. The van der Waals surface area contributed by atoms with Gasteiger partial charge >= 0.3 is 0 Å². The molecule has 2 aromatic carbocycles. The Hall–Kier alpha value is -1.60. The molecule has 0 aliphatic heterocycles. The lowest BCUT2D eigenvalue weighted by atomic mass is 10.1. The second kappa shape index (κ2) is 6.97. The number of hydrogen-bond donors (Lipinski definition) is 1. The van der Waals surface area contributed by atoms with Crippen LogP contribution in [0.25, 0.3) is 0 Å². The molecule has 0 heterocycles. The van der Waals surface area contributed by atoms with Crippen LogP contribution in [0.5, 0.6) is 0 Å². The zero-order valence-corrected chi connectivity index (χ0v) is 11.0. The van der Waals surface area contributed by atoms with E-state index in [0.29, 0.717) is 0 Å². The summed E-state index contributed by atoms with van der Waals surface area (Å²) in [6.45, 7) is 4.17. The van der Waals surface area contributed by atoms with Crippen molar-refractivity contribution in [2.24, 2.45) is 0 Å². The van der Waals surface area contributed by atoms with Crippen molar-refractivity contribution >= 4 is 0 Å². The van der Waals surface area contributed by atoms with E-state index in [9.17, 15) is 0 Å². The highest BCUT2D eigenvalue weighted by atomic mass is 14.8. The van der Waals surface area contributed by atoms with Crippen LogP contribution in [-0.2, 0) is 19.4 Å². The molecule has 0 saturated carbocycles. The molecule has 0 bridgehead atoms. The van der Waals surface area contributed by atoms with Crippen molar-refractivity contribution in [3.8, 4) is 0 Å². The fourth-order valence-corrected chi connectivity index (χ4v) is 2.00. The van der Waals surface area contributed by atoms with E-state index in [2.05, 4.69) is 66.8 Å². The SMILES string of the molecule is CCc1ccc(CNCCc2ccccc2)cc1. The quantitative estimate of drug-likeness (QED) is 0.760. The third-order valence-corrected chi connectivity index (χ3v) is 3.19. The van der Waals surface area contributed by atoms with Crippen LogP contribution >= 0.6 is 0 Å². The summed E-state index contributed by atoms with van der Waals surface area (Å²) in [4.78, 5) is 0. The van der Waals surface area contributed by atoms with Crippen molar-refractivity contribution in [3.63, 3.8) is 0 Å². The number of aryl methyl sites for hydroxylation is 1. The Morgan fingerprint density at radius 1 is 0.778 bits per heavy atom. The van der Waals surface area contributed by atoms with Crippen LogP contribution in [0.3, 0.4) is 0 Å². The van der Waals surface area contributed by atoms with E-state index in [1.807, 2.05) is 0 Å². The van der Waals surface area contributed by atoms with Gasteiger partial charge in [0.25, 0.3) is 0 Å². The van der Waals surface area contributed by atoms with Gasteiger partial charge in [0.1, 0.15) is 0 Å². The molecule has 0 aliphatic carbocycles. The predicted molar refractivity (Wildman–Crippen MR) is 77.7 cm³/mol. The van der Waals surface area contributed by atoms with Crippen molar-refractivity contribution in [1.29, 1.82) is 0 Å². The molecule has 0 fully saturated rings. The Balaban J connectivity index is 1.72. The van der Waals surface area contributed by atoms with E-state index in [4.69, 9.17) is 0 Å². The van der Waals surface area contributed by atoms with E-state index >= 15 is 0 Å². The van der Waals surface area contributed by atoms with Crippen molar-refractivity contribution in [1.82, 2.24) is 5.32 Å². The van der Waals surface area contributed by atoms with E-state index < -0.39 is 0 Å². The van der Waals surface area contributed by atoms with Gasteiger partial charge in [-0.05, 0) is 36.1 Å². The molecule has 0 aromatic heterocycles. The first-order valence-electron chi connectivity index (χ1n) is 6.71. The summed E-state index contributed by atoms with van der Waals surface area (Å²) in [6.07, 6.45) is 2.20. The molecular weight excluding hydrogens is 218 g/mol. The maximum atomic E-state index is 3.49. The monoisotopic (exact) mass is 239 g/mol. The first-order chi connectivity index (χ1) is 8.88. The Morgan fingerprint density at radius 2 is 1.44 bits per heavy atom. The second-order valence-electron chi connectivity index (χ2n) is 4.58. The van der Waals surface area contributed by atoms with Crippen molar-refractivity contribution in [2.75, 3.05) is 6.54 Å². The molecule has 0 unspecified atom stereocenters. The summed E-state index contributed by atoms with van der Waals surface area (Å²) in [7, 11) is 0. The first kappa shape index (κ1) is 12.8. The van der Waals surface area contributed by atoms with E-state index in [-0.39, 0.29) is 0 Å². The van der Waals surface area contributed by atoms with Gasteiger partial charge in [0.05, 0.1) is 0 Å². The van der Waals surface area contributed by atoms with Crippen LogP contribution in [0, 0.1) is 0 Å². The molecule has 1 nitrogen and oxygen atoms in total. The second-order valence-corrected chi connectivity index (χ2v) is 4.58. The number of rotatable bonds is 6. The minimum atomic E-state index is 0.955. The van der Waals surface area contributed by atoms with E-state index in [1.165, 1.54) is 16.7 Å². The van der Waals surface area contributed by atoms with Gasteiger partial charge in [0, 0.05) is 6.54 Å². The molecule has 0 amide bonds. The zero-order valence-electron chi connectivity index (χ0n) is 11.0. The van der Waals surface area contributed by atoms with Gasteiger partial charge in [-0.2, -0.15) is 0 Å². The summed E-state index contributed by atoms with van der Waals surface area (Å²) < 4.78 is 0. The summed E-state index contributed by atoms with van der Waals surface area (Å²) in [5.41, 5.74) is 4.16. The largest absolute Gasteiger partial charge is 0.312 e. The minimum Gasteiger partial charge on any atom is -0.312 e. The predicted octanol–water partition coefficient (Wildman–Crippen LogP) is 3.58. The third-order valence-electron chi connectivity index (χ3n) is 3.19. The molecule has 0 spiro atoms. The normalized spacial score (nSPS) is 10.5. The molecule has 0 radical (unpaired) electrons. The van der Waals surface area contributed by atoms with Crippen LogP contribution in [0.2, 0.25) is 0 Å². The molecule has 2 aromatic rings. The molecule has 0 saturated heterocycles.